The molecule has 138 valence electrons. The molecule has 6 nitrogen and oxygen atoms in total. The van der Waals surface area contributed by atoms with Crippen molar-refractivity contribution in [2.45, 2.75) is 31.0 Å². The normalized spacial score (nSPS) is 32.4. The molecule has 2 bridgehead atoms. The minimum absolute atomic E-state index is 0.0313. The molecule has 0 aliphatic carbocycles. The quantitative estimate of drug-likeness (QED) is 0.819. The molecule has 3 saturated heterocycles. The van der Waals surface area contributed by atoms with Crippen LogP contribution in [0.15, 0.2) is 17.5 Å². The molecule has 0 radical (unpaired) electrons. The highest BCUT2D eigenvalue weighted by molar-refractivity contribution is 7.10. The van der Waals surface area contributed by atoms with Gasteiger partial charge in [-0.05, 0) is 38.4 Å². The molecular weight excluding hydrogens is 340 g/mol. The Kier molecular flexibility index (Phi) is 5.46. The van der Waals surface area contributed by atoms with Crippen LogP contribution in [0.3, 0.4) is 0 Å². The van der Waals surface area contributed by atoms with Crippen LogP contribution in [0.1, 0.15) is 17.7 Å². The lowest BCUT2D eigenvalue weighted by Gasteiger charge is -2.30. The average molecular weight is 366 g/mol. The number of rotatable bonds is 4. The second-order valence-corrected chi connectivity index (χ2v) is 8.46. The number of ether oxygens (including phenoxy) is 1. The molecule has 1 amide bonds. The Balaban J connectivity index is 0.000000569. The van der Waals surface area contributed by atoms with Crippen LogP contribution in [0, 0.1) is 11.8 Å². The Morgan fingerprint density at radius 1 is 1.56 bits per heavy atom. The molecule has 7 heteroatoms. The number of carbonyl (C=O) groups excluding carboxylic acids is 1. The van der Waals surface area contributed by atoms with E-state index in [2.05, 4.69) is 30.0 Å². The number of carboxylic acid groups (broad SMARTS) is 1. The molecule has 3 fully saturated rings. The minimum Gasteiger partial charge on any atom is -0.483 e. The van der Waals surface area contributed by atoms with Crippen molar-refractivity contribution in [1.82, 2.24) is 9.80 Å². The average Bonchev–Trinajstić information content (AvgIpc) is 3.29. The number of fused-ring (bicyclic) bond motifs is 1. The van der Waals surface area contributed by atoms with Crippen LogP contribution in [-0.4, -0.2) is 72.7 Å². The summed E-state index contributed by atoms with van der Waals surface area (Å²) in [6.07, 6.45) is 3.26. The molecule has 0 unspecified atom stereocenters. The fourth-order valence-electron chi connectivity index (χ4n) is 4.72. The van der Waals surface area contributed by atoms with Gasteiger partial charge in [0, 0.05) is 29.8 Å². The van der Waals surface area contributed by atoms with E-state index in [1.165, 1.54) is 6.42 Å². The van der Waals surface area contributed by atoms with Gasteiger partial charge in [-0.3, -0.25) is 9.59 Å². The van der Waals surface area contributed by atoms with E-state index in [1.54, 1.807) is 11.3 Å². The Morgan fingerprint density at radius 2 is 2.32 bits per heavy atom. The van der Waals surface area contributed by atoms with Crippen molar-refractivity contribution in [1.29, 1.82) is 0 Å². The van der Waals surface area contributed by atoms with Gasteiger partial charge in [0.05, 0.1) is 24.7 Å². The first kappa shape index (κ1) is 18.4. The molecule has 0 saturated carbocycles. The molecule has 1 aromatic rings. The Labute approximate surface area is 152 Å². The zero-order valence-corrected chi connectivity index (χ0v) is 15.6. The number of amides is 1. The molecule has 4 rings (SSSR count). The molecule has 4 heterocycles. The van der Waals surface area contributed by atoms with E-state index in [0.717, 1.165) is 30.9 Å². The van der Waals surface area contributed by atoms with Crippen molar-refractivity contribution >= 4 is 23.7 Å². The number of hydrogen-bond acceptors (Lipinski definition) is 5. The zero-order chi connectivity index (χ0) is 18.0. The summed E-state index contributed by atoms with van der Waals surface area (Å²) in [5, 5.41) is 8.93. The SMILES string of the molecule is CN(C)C[C@H]1[C@H]2CN(C(=O)Cc3cccs3)C[C@]23CC[C@H]1O3.O=CO. The lowest BCUT2D eigenvalue weighted by atomic mass is 9.73. The number of nitrogens with zero attached hydrogens (tertiary/aromatic N) is 2. The van der Waals surface area contributed by atoms with E-state index in [-0.39, 0.29) is 18.0 Å². The van der Waals surface area contributed by atoms with Crippen LogP contribution in [0.5, 0.6) is 0 Å². The third-order valence-corrected chi connectivity index (χ3v) is 6.49. The van der Waals surface area contributed by atoms with Crippen molar-refractivity contribution in [3.05, 3.63) is 22.4 Å². The second-order valence-electron chi connectivity index (χ2n) is 7.43. The van der Waals surface area contributed by atoms with E-state index in [1.807, 2.05) is 11.4 Å². The molecule has 1 N–H and O–H groups in total. The summed E-state index contributed by atoms with van der Waals surface area (Å²) in [5.41, 5.74) is -0.0313. The second kappa shape index (κ2) is 7.43. The lowest BCUT2D eigenvalue weighted by molar-refractivity contribution is -0.131. The fourth-order valence-corrected chi connectivity index (χ4v) is 5.42. The van der Waals surface area contributed by atoms with Crippen LogP contribution < -0.4 is 0 Å². The van der Waals surface area contributed by atoms with Crippen LogP contribution >= 0.6 is 11.3 Å². The van der Waals surface area contributed by atoms with Crippen molar-refractivity contribution in [2.75, 3.05) is 33.7 Å². The van der Waals surface area contributed by atoms with Gasteiger partial charge in [0.1, 0.15) is 0 Å². The molecular formula is C18H26N2O4S. The van der Waals surface area contributed by atoms with Gasteiger partial charge >= 0.3 is 0 Å². The summed E-state index contributed by atoms with van der Waals surface area (Å²) in [6, 6.07) is 4.07. The van der Waals surface area contributed by atoms with Crippen LogP contribution in [0.25, 0.3) is 0 Å². The van der Waals surface area contributed by atoms with Crippen molar-refractivity contribution < 1.29 is 19.4 Å². The van der Waals surface area contributed by atoms with Gasteiger partial charge < -0.3 is 19.6 Å². The van der Waals surface area contributed by atoms with Gasteiger partial charge in [-0.25, -0.2) is 0 Å². The summed E-state index contributed by atoms with van der Waals surface area (Å²) in [6.45, 7) is 2.52. The molecule has 25 heavy (non-hydrogen) atoms. The smallest absolute Gasteiger partial charge is 0.290 e. The monoisotopic (exact) mass is 366 g/mol. The first-order valence-electron chi connectivity index (χ1n) is 8.69. The van der Waals surface area contributed by atoms with Gasteiger partial charge in [-0.2, -0.15) is 0 Å². The van der Waals surface area contributed by atoms with Gasteiger partial charge in [-0.15, -0.1) is 11.3 Å². The number of carbonyl (C=O) groups is 2. The predicted octanol–water partition coefficient (Wildman–Crippen LogP) is 1.56. The fraction of sp³-hybridized carbons (Fsp3) is 0.667. The highest BCUT2D eigenvalue weighted by Gasteiger charge is 2.63. The van der Waals surface area contributed by atoms with Crippen molar-refractivity contribution in [2.24, 2.45) is 11.8 Å². The maximum absolute atomic E-state index is 12.6. The zero-order valence-electron chi connectivity index (χ0n) is 14.8. The van der Waals surface area contributed by atoms with Crippen LogP contribution in [-0.2, 0) is 20.7 Å². The van der Waals surface area contributed by atoms with E-state index in [4.69, 9.17) is 14.6 Å². The summed E-state index contributed by atoms with van der Waals surface area (Å²) < 4.78 is 6.39. The largest absolute Gasteiger partial charge is 0.483 e. The molecule has 1 aromatic heterocycles. The van der Waals surface area contributed by atoms with E-state index in [0.29, 0.717) is 24.4 Å². The Bertz CT molecular complexity index is 606. The summed E-state index contributed by atoms with van der Waals surface area (Å²) in [7, 11) is 4.26. The van der Waals surface area contributed by atoms with Gasteiger partial charge in [0.15, 0.2) is 0 Å². The maximum atomic E-state index is 12.6. The molecule has 4 atom stereocenters. The lowest BCUT2D eigenvalue weighted by Crippen LogP contribution is -2.40. The van der Waals surface area contributed by atoms with E-state index >= 15 is 0 Å². The molecule has 3 aliphatic heterocycles. The first-order valence-corrected chi connectivity index (χ1v) is 9.57. The van der Waals surface area contributed by atoms with Crippen molar-refractivity contribution in [3.8, 4) is 0 Å². The third kappa shape index (κ3) is 3.59. The number of likely N-dealkylation sites (tertiary alicyclic amines) is 1. The highest BCUT2D eigenvalue weighted by Crippen LogP contribution is 2.54. The van der Waals surface area contributed by atoms with Crippen LogP contribution in [0.4, 0.5) is 0 Å². The summed E-state index contributed by atoms with van der Waals surface area (Å²) >= 11 is 1.67. The molecule has 1 spiro atoms. The standard InChI is InChI=1S/C17H24N2O2S.CH2O2/c1-18(2)9-13-14-10-19(11-17(14)6-5-15(13)21-17)16(20)8-12-4-3-7-22-12;2-1-3/h3-4,7,13-15H,5-6,8-11H2,1-2H3;1H,(H,2,3)/t13-,14+,15+,17+;/m0./s1. The number of thiophene rings is 1. The predicted molar refractivity (Wildman–Crippen MR) is 95.7 cm³/mol. The van der Waals surface area contributed by atoms with E-state index < -0.39 is 0 Å². The summed E-state index contributed by atoms with van der Waals surface area (Å²) in [4.78, 5) is 26.5. The first-order chi connectivity index (χ1) is 12.0. The molecule has 0 aromatic carbocycles. The maximum Gasteiger partial charge on any atom is 0.290 e. The van der Waals surface area contributed by atoms with Crippen LogP contribution in [0.2, 0.25) is 0 Å². The van der Waals surface area contributed by atoms with Crippen molar-refractivity contribution in [3.63, 3.8) is 0 Å². The van der Waals surface area contributed by atoms with Gasteiger partial charge in [0.2, 0.25) is 5.91 Å². The molecule has 3 aliphatic rings. The van der Waals surface area contributed by atoms with E-state index in [9.17, 15) is 4.79 Å². The third-order valence-electron chi connectivity index (χ3n) is 5.62. The highest BCUT2D eigenvalue weighted by atomic mass is 32.1. The van der Waals surface area contributed by atoms with Gasteiger partial charge in [0.25, 0.3) is 6.47 Å². The Morgan fingerprint density at radius 3 is 2.96 bits per heavy atom. The minimum atomic E-state index is -0.250. The number of hydrogen-bond donors (Lipinski definition) is 1. The summed E-state index contributed by atoms with van der Waals surface area (Å²) in [5.74, 6) is 1.38. The topological polar surface area (TPSA) is 70.1 Å². The Hall–Kier alpha value is -1.44. The van der Waals surface area contributed by atoms with Gasteiger partial charge in [-0.1, -0.05) is 6.07 Å².